The smallest absolute Gasteiger partial charge is 0.254 e. The SMILES string of the molecule is O=C(N[C@@H]1CCOC[C@H]1O)c1cnn(Cc2ccccc2)c1. The summed E-state index contributed by atoms with van der Waals surface area (Å²) in [5.74, 6) is -0.217. The third kappa shape index (κ3) is 3.52. The van der Waals surface area contributed by atoms with E-state index in [1.54, 1.807) is 17.1 Å². The molecule has 1 aromatic carbocycles. The number of rotatable bonds is 4. The summed E-state index contributed by atoms with van der Waals surface area (Å²) < 4.78 is 6.88. The maximum atomic E-state index is 12.2. The van der Waals surface area contributed by atoms with Gasteiger partial charge in [0, 0.05) is 12.8 Å². The molecule has 2 atom stereocenters. The molecule has 1 aliphatic rings. The van der Waals surface area contributed by atoms with E-state index in [2.05, 4.69) is 10.4 Å². The summed E-state index contributed by atoms with van der Waals surface area (Å²) in [5, 5.41) is 16.9. The van der Waals surface area contributed by atoms with Gasteiger partial charge in [-0.05, 0) is 12.0 Å². The summed E-state index contributed by atoms with van der Waals surface area (Å²) in [6.45, 7) is 1.43. The summed E-state index contributed by atoms with van der Waals surface area (Å²) >= 11 is 0. The van der Waals surface area contributed by atoms with Crippen LogP contribution in [0.2, 0.25) is 0 Å². The molecule has 0 spiro atoms. The number of carbonyl (C=O) groups is 1. The topological polar surface area (TPSA) is 76.4 Å². The zero-order valence-electron chi connectivity index (χ0n) is 12.2. The van der Waals surface area contributed by atoms with Crippen molar-refractivity contribution in [3.05, 3.63) is 53.9 Å². The molecule has 1 amide bonds. The van der Waals surface area contributed by atoms with Crippen molar-refractivity contribution in [3.8, 4) is 0 Å². The second-order valence-corrected chi connectivity index (χ2v) is 5.42. The van der Waals surface area contributed by atoms with E-state index in [4.69, 9.17) is 4.74 Å². The average molecular weight is 301 g/mol. The first-order valence-corrected chi connectivity index (χ1v) is 7.35. The molecule has 0 unspecified atom stereocenters. The first kappa shape index (κ1) is 14.7. The van der Waals surface area contributed by atoms with Crippen LogP contribution in [0.3, 0.4) is 0 Å². The fraction of sp³-hybridized carbons (Fsp3) is 0.375. The molecule has 0 saturated carbocycles. The van der Waals surface area contributed by atoms with Crippen molar-refractivity contribution in [1.29, 1.82) is 0 Å². The highest BCUT2D eigenvalue weighted by Gasteiger charge is 2.25. The number of aliphatic hydroxyl groups excluding tert-OH is 1. The lowest BCUT2D eigenvalue weighted by Crippen LogP contribution is -2.48. The number of nitrogens with one attached hydrogen (secondary N) is 1. The van der Waals surface area contributed by atoms with E-state index in [0.29, 0.717) is 25.1 Å². The second kappa shape index (κ2) is 6.72. The van der Waals surface area contributed by atoms with Gasteiger partial charge >= 0.3 is 0 Å². The molecule has 2 heterocycles. The van der Waals surface area contributed by atoms with Crippen LogP contribution in [0, 0.1) is 0 Å². The number of nitrogens with zero attached hydrogens (tertiary/aromatic N) is 2. The maximum Gasteiger partial charge on any atom is 0.254 e. The molecule has 1 aromatic heterocycles. The van der Waals surface area contributed by atoms with E-state index in [1.807, 2.05) is 30.3 Å². The largest absolute Gasteiger partial charge is 0.389 e. The van der Waals surface area contributed by atoms with Crippen molar-refractivity contribution in [1.82, 2.24) is 15.1 Å². The van der Waals surface area contributed by atoms with Gasteiger partial charge in [-0.1, -0.05) is 30.3 Å². The van der Waals surface area contributed by atoms with Crippen LogP contribution in [0.25, 0.3) is 0 Å². The molecular formula is C16H19N3O3. The first-order valence-electron chi connectivity index (χ1n) is 7.35. The van der Waals surface area contributed by atoms with Crippen molar-refractivity contribution in [3.63, 3.8) is 0 Å². The molecule has 3 rings (SSSR count). The molecule has 116 valence electrons. The van der Waals surface area contributed by atoms with E-state index >= 15 is 0 Å². The standard InChI is InChI=1S/C16H19N3O3/c20-15-11-22-7-6-14(15)18-16(21)13-8-17-19(10-13)9-12-4-2-1-3-5-12/h1-5,8,10,14-15,20H,6-7,9,11H2,(H,18,21)/t14-,15-/m1/s1. The van der Waals surface area contributed by atoms with Crippen LogP contribution in [0.5, 0.6) is 0 Å². The molecule has 1 aliphatic heterocycles. The van der Waals surface area contributed by atoms with E-state index < -0.39 is 6.10 Å². The van der Waals surface area contributed by atoms with Gasteiger partial charge < -0.3 is 15.2 Å². The van der Waals surface area contributed by atoms with Gasteiger partial charge in [0.15, 0.2) is 0 Å². The van der Waals surface area contributed by atoms with Gasteiger partial charge in [-0.15, -0.1) is 0 Å². The van der Waals surface area contributed by atoms with Gasteiger partial charge in [-0.2, -0.15) is 5.10 Å². The summed E-state index contributed by atoms with van der Waals surface area (Å²) in [6.07, 6.45) is 3.22. The highest BCUT2D eigenvalue weighted by molar-refractivity contribution is 5.93. The predicted octanol–water partition coefficient (Wildman–Crippen LogP) is 0.811. The quantitative estimate of drug-likeness (QED) is 0.876. The number of hydrogen-bond donors (Lipinski definition) is 2. The number of amides is 1. The summed E-state index contributed by atoms with van der Waals surface area (Å²) in [6, 6.07) is 9.67. The van der Waals surface area contributed by atoms with Crippen molar-refractivity contribution in [2.45, 2.75) is 25.1 Å². The predicted molar refractivity (Wildman–Crippen MR) is 80.5 cm³/mol. The second-order valence-electron chi connectivity index (χ2n) is 5.42. The zero-order chi connectivity index (χ0) is 15.4. The number of hydrogen-bond acceptors (Lipinski definition) is 4. The lowest BCUT2D eigenvalue weighted by Gasteiger charge is -2.28. The minimum atomic E-state index is -0.655. The molecule has 0 aliphatic carbocycles. The minimum Gasteiger partial charge on any atom is -0.389 e. The highest BCUT2D eigenvalue weighted by Crippen LogP contribution is 2.09. The average Bonchev–Trinajstić information content (AvgIpc) is 2.99. The Morgan fingerprint density at radius 2 is 2.23 bits per heavy atom. The third-order valence-corrected chi connectivity index (χ3v) is 3.73. The van der Waals surface area contributed by atoms with Gasteiger partial charge in [0.25, 0.3) is 5.91 Å². The van der Waals surface area contributed by atoms with Crippen LogP contribution in [-0.4, -0.2) is 46.2 Å². The Balaban J connectivity index is 1.61. The van der Waals surface area contributed by atoms with Crippen LogP contribution in [0.15, 0.2) is 42.7 Å². The van der Waals surface area contributed by atoms with Gasteiger partial charge in [0.05, 0.1) is 37.1 Å². The molecule has 0 radical (unpaired) electrons. The van der Waals surface area contributed by atoms with E-state index in [0.717, 1.165) is 5.56 Å². The number of benzene rings is 1. The minimum absolute atomic E-state index is 0.217. The lowest BCUT2D eigenvalue weighted by molar-refractivity contribution is -0.0260. The number of aliphatic hydroxyl groups is 1. The van der Waals surface area contributed by atoms with E-state index in [-0.39, 0.29) is 18.6 Å². The zero-order valence-corrected chi connectivity index (χ0v) is 12.2. The van der Waals surface area contributed by atoms with Crippen molar-refractivity contribution in [2.75, 3.05) is 13.2 Å². The van der Waals surface area contributed by atoms with Gasteiger partial charge in [0.2, 0.25) is 0 Å². The Bertz CT molecular complexity index is 627. The van der Waals surface area contributed by atoms with Gasteiger partial charge in [-0.25, -0.2) is 0 Å². The Kier molecular flexibility index (Phi) is 4.50. The molecule has 2 N–H and O–H groups in total. The van der Waals surface area contributed by atoms with E-state index in [9.17, 15) is 9.90 Å². The Hall–Kier alpha value is -2.18. The molecule has 2 aromatic rings. The Morgan fingerprint density at radius 3 is 3.00 bits per heavy atom. The summed E-state index contributed by atoms with van der Waals surface area (Å²) in [7, 11) is 0. The van der Waals surface area contributed by atoms with Gasteiger partial charge in [0.1, 0.15) is 0 Å². The molecule has 1 saturated heterocycles. The highest BCUT2D eigenvalue weighted by atomic mass is 16.5. The number of aromatic nitrogens is 2. The Morgan fingerprint density at radius 1 is 1.41 bits per heavy atom. The lowest BCUT2D eigenvalue weighted by atomic mass is 10.1. The van der Waals surface area contributed by atoms with Crippen molar-refractivity contribution >= 4 is 5.91 Å². The van der Waals surface area contributed by atoms with Crippen LogP contribution in [0.1, 0.15) is 22.3 Å². The third-order valence-electron chi connectivity index (χ3n) is 3.73. The summed E-state index contributed by atoms with van der Waals surface area (Å²) in [5.41, 5.74) is 1.62. The first-order chi connectivity index (χ1) is 10.7. The van der Waals surface area contributed by atoms with Crippen molar-refractivity contribution < 1.29 is 14.6 Å². The van der Waals surface area contributed by atoms with Crippen LogP contribution in [-0.2, 0) is 11.3 Å². The van der Waals surface area contributed by atoms with Gasteiger partial charge in [-0.3, -0.25) is 9.48 Å². The van der Waals surface area contributed by atoms with E-state index in [1.165, 1.54) is 0 Å². The maximum absolute atomic E-state index is 12.2. The number of carbonyl (C=O) groups excluding carboxylic acids is 1. The fourth-order valence-electron chi connectivity index (χ4n) is 2.48. The fourth-order valence-corrected chi connectivity index (χ4v) is 2.48. The normalized spacial score (nSPS) is 21.5. The van der Waals surface area contributed by atoms with Crippen LogP contribution < -0.4 is 5.32 Å². The molecule has 0 bridgehead atoms. The molecule has 6 heteroatoms. The van der Waals surface area contributed by atoms with Crippen molar-refractivity contribution in [2.24, 2.45) is 0 Å². The van der Waals surface area contributed by atoms with Crippen LogP contribution >= 0.6 is 0 Å². The molecule has 1 fully saturated rings. The monoisotopic (exact) mass is 301 g/mol. The molecule has 6 nitrogen and oxygen atoms in total. The Labute approximate surface area is 128 Å². The molecule has 22 heavy (non-hydrogen) atoms. The van der Waals surface area contributed by atoms with Crippen LogP contribution in [0.4, 0.5) is 0 Å². The number of ether oxygens (including phenoxy) is 1. The summed E-state index contributed by atoms with van der Waals surface area (Å²) in [4.78, 5) is 12.2. The molecular weight excluding hydrogens is 282 g/mol.